The third-order valence-electron chi connectivity index (χ3n) is 3.44. The molecule has 126 valence electrons. The van der Waals surface area contributed by atoms with Gasteiger partial charge in [0.05, 0.1) is 12.2 Å². The summed E-state index contributed by atoms with van der Waals surface area (Å²) in [6.45, 7) is 2.38. The molecular formula is C20H20N4O. The summed E-state index contributed by atoms with van der Waals surface area (Å²) in [5.41, 5.74) is 8.62. The van der Waals surface area contributed by atoms with Crippen LogP contribution in [0.4, 0.5) is 5.69 Å². The number of nitrogens with zero attached hydrogens (tertiary/aromatic N) is 2. The third kappa shape index (κ3) is 5.07. The molecule has 0 amide bonds. The Balaban J connectivity index is 1.64. The molecule has 25 heavy (non-hydrogen) atoms. The number of hydrogen-bond acceptors (Lipinski definition) is 3. The quantitative estimate of drug-likeness (QED) is 0.545. The van der Waals surface area contributed by atoms with Gasteiger partial charge in [0.25, 0.3) is 0 Å². The number of pyridine rings is 1. The highest BCUT2D eigenvalue weighted by Gasteiger charge is 2.01. The number of aromatic nitrogens is 1. The number of guanidine groups is 1. The zero-order chi connectivity index (χ0) is 17.5. The van der Waals surface area contributed by atoms with Crippen LogP contribution in [0.3, 0.4) is 0 Å². The largest absolute Gasteiger partial charge is 0.457 e. The third-order valence-corrected chi connectivity index (χ3v) is 3.44. The normalized spacial score (nSPS) is 11.2. The van der Waals surface area contributed by atoms with Gasteiger partial charge in [-0.2, -0.15) is 0 Å². The predicted octanol–water partition coefficient (Wildman–Crippen LogP) is 4.11. The molecule has 0 spiro atoms. The summed E-state index contributed by atoms with van der Waals surface area (Å²) in [6, 6.07) is 23.0. The average Bonchev–Trinajstić information content (AvgIpc) is 2.61. The van der Waals surface area contributed by atoms with Crippen LogP contribution in [0.2, 0.25) is 0 Å². The monoisotopic (exact) mass is 332 g/mol. The first-order valence-electron chi connectivity index (χ1n) is 8.01. The maximum absolute atomic E-state index is 5.96. The molecule has 0 saturated heterocycles. The molecule has 1 heterocycles. The summed E-state index contributed by atoms with van der Waals surface area (Å²) in [5, 5.41) is 3.07. The van der Waals surface area contributed by atoms with Crippen molar-refractivity contribution in [1.29, 1.82) is 0 Å². The van der Waals surface area contributed by atoms with E-state index in [0.29, 0.717) is 12.5 Å². The molecule has 0 bridgehead atoms. The van der Waals surface area contributed by atoms with E-state index in [9.17, 15) is 0 Å². The fraction of sp³-hybridized carbons (Fsp3) is 0.100. The molecule has 0 radical (unpaired) electrons. The molecule has 0 saturated carbocycles. The molecular weight excluding hydrogens is 312 g/mol. The molecule has 3 N–H and O–H groups in total. The van der Waals surface area contributed by atoms with E-state index in [4.69, 9.17) is 10.5 Å². The van der Waals surface area contributed by atoms with Gasteiger partial charge in [0.15, 0.2) is 5.96 Å². The fourth-order valence-corrected chi connectivity index (χ4v) is 2.30. The van der Waals surface area contributed by atoms with E-state index in [-0.39, 0.29) is 0 Å². The van der Waals surface area contributed by atoms with E-state index in [1.165, 1.54) is 0 Å². The molecule has 2 aromatic carbocycles. The molecule has 0 aliphatic carbocycles. The average molecular weight is 332 g/mol. The molecule has 1 aromatic heterocycles. The van der Waals surface area contributed by atoms with Crippen molar-refractivity contribution >= 4 is 11.6 Å². The summed E-state index contributed by atoms with van der Waals surface area (Å²) in [4.78, 5) is 8.73. The summed E-state index contributed by atoms with van der Waals surface area (Å²) in [7, 11) is 0. The van der Waals surface area contributed by atoms with Gasteiger partial charge in [-0.3, -0.25) is 4.98 Å². The Labute approximate surface area is 147 Å². The maximum atomic E-state index is 5.96. The molecule has 5 nitrogen and oxygen atoms in total. The Hall–Kier alpha value is -3.34. The predicted molar refractivity (Wildman–Crippen MR) is 101 cm³/mol. The van der Waals surface area contributed by atoms with Crippen LogP contribution in [0.25, 0.3) is 0 Å². The van der Waals surface area contributed by atoms with Gasteiger partial charge in [-0.05, 0) is 43.3 Å². The second-order valence-electron chi connectivity index (χ2n) is 5.54. The summed E-state index contributed by atoms with van der Waals surface area (Å²) < 4.78 is 5.81. The van der Waals surface area contributed by atoms with Gasteiger partial charge in [0.2, 0.25) is 0 Å². The second kappa shape index (κ2) is 7.97. The molecule has 0 atom stereocenters. The van der Waals surface area contributed by atoms with E-state index >= 15 is 0 Å². The number of hydrogen-bond donors (Lipinski definition) is 2. The van der Waals surface area contributed by atoms with Crippen LogP contribution in [0, 0.1) is 6.92 Å². The first-order valence-corrected chi connectivity index (χ1v) is 8.01. The standard InChI is InChI=1S/C20H20N4O/c1-15-7-5-9-17(23-15)14-22-20(21)24-16-8-6-12-19(13-16)25-18-10-3-2-4-11-18/h2-13H,14H2,1H3,(H3,21,22,24). The number of aryl methyl sites for hydroxylation is 1. The highest BCUT2D eigenvalue weighted by atomic mass is 16.5. The first-order chi connectivity index (χ1) is 12.2. The lowest BCUT2D eigenvalue weighted by Crippen LogP contribution is -2.22. The topological polar surface area (TPSA) is 72.5 Å². The highest BCUT2D eigenvalue weighted by Crippen LogP contribution is 2.23. The van der Waals surface area contributed by atoms with Gasteiger partial charge in [-0.15, -0.1) is 0 Å². The van der Waals surface area contributed by atoms with Crippen LogP contribution in [-0.2, 0) is 6.54 Å². The van der Waals surface area contributed by atoms with E-state index in [1.54, 1.807) is 0 Å². The van der Waals surface area contributed by atoms with Gasteiger partial charge < -0.3 is 15.8 Å². The van der Waals surface area contributed by atoms with Gasteiger partial charge in [0.1, 0.15) is 11.5 Å². The number of rotatable bonds is 5. The van der Waals surface area contributed by atoms with E-state index < -0.39 is 0 Å². The van der Waals surface area contributed by atoms with Crippen molar-refractivity contribution < 1.29 is 4.74 Å². The van der Waals surface area contributed by atoms with Gasteiger partial charge in [-0.25, -0.2) is 4.99 Å². The number of nitrogens with two attached hydrogens (primary N) is 1. The van der Waals surface area contributed by atoms with Crippen molar-refractivity contribution in [2.24, 2.45) is 10.7 Å². The van der Waals surface area contributed by atoms with Crippen molar-refractivity contribution in [2.45, 2.75) is 13.5 Å². The van der Waals surface area contributed by atoms with Crippen molar-refractivity contribution in [3.8, 4) is 11.5 Å². The minimum Gasteiger partial charge on any atom is -0.457 e. The van der Waals surface area contributed by atoms with Crippen molar-refractivity contribution in [3.63, 3.8) is 0 Å². The number of benzene rings is 2. The zero-order valence-electron chi connectivity index (χ0n) is 14.0. The SMILES string of the molecule is Cc1cccc(CN=C(N)Nc2cccc(Oc3ccccc3)c2)n1. The van der Waals surface area contributed by atoms with Crippen LogP contribution in [0.1, 0.15) is 11.4 Å². The van der Waals surface area contributed by atoms with E-state index in [2.05, 4.69) is 15.3 Å². The number of anilines is 1. The molecule has 3 rings (SSSR count). The fourth-order valence-electron chi connectivity index (χ4n) is 2.30. The Bertz CT molecular complexity index is 862. The van der Waals surface area contributed by atoms with Crippen molar-refractivity contribution in [1.82, 2.24) is 4.98 Å². The van der Waals surface area contributed by atoms with Crippen LogP contribution >= 0.6 is 0 Å². The van der Waals surface area contributed by atoms with Gasteiger partial charge in [0, 0.05) is 17.4 Å². The maximum Gasteiger partial charge on any atom is 0.193 e. The molecule has 0 unspecified atom stereocenters. The van der Waals surface area contributed by atoms with Crippen LogP contribution in [-0.4, -0.2) is 10.9 Å². The van der Waals surface area contributed by atoms with Gasteiger partial charge in [-0.1, -0.05) is 30.3 Å². The van der Waals surface area contributed by atoms with Gasteiger partial charge >= 0.3 is 0 Å². The molecule has 0 fully saturated rings. The summed E-state index contributed by atoms with van der Waals surface area (Å²) in [5.74, 6) is 1.84. The van der Waals surface area contributed by atoms with Crippen molar-refractivity contribution in [2.75, 3.05) is 5.32 Å². The lowest BCUT2D eigenvalue weighted by atomic mass is 10.3. The Morgan fingerprint density at radius 1 is 1.00 bits per heavy atom. The Morgan fingerprint density at radius 2 is 1.76 bits per heavy atom. The molecule has 3 aromatic rings. The smallest absolute Gasteiger partial charge is 0.193 e. The lowest BCUT2D eigenvalue weighted by Gasteiger charge is -2.09. The second-order valence-corrected chi connectivity index (χ2v) is 5.54. The summed E-state index contributed by atoms with van der Waals surface area (Å²) in [6.07, 6.45) is 0. The van der Waals surface area contributed by atoms with Crippen molar-refractivity contribution in [3.05, 3.63) is 84.2 Å². The van der Waals surface area contributed by atoms with E-state index in [1.807, 2.05) is 79.7 Å². The minimum atomic E-state index is 0.333. The van der Waals surface area contributed by atoms with Crippen LogP contribution in [0.15, 0.2) is 77.8 Å². The van der Waals surface area contributed by atoms with E-state index in [0.717, 1.165) is 28.6 Å². The minimum absolute atomic E-state index is 0.333. The Morgan fingerprint density at radius 3 is 2.56 bits per heavy atom. The zero-order valence-corrected chi connectivity index (χ0v) is 14.0. The number of para-hydroxylation sites is 1. The van der Waals surface area contributed by atoms with Crippen LogP contribution in [0.5, 0.6) is 11.5 Å². The molecule has 5 heteroatoms. The number of aliphatic imine (C=N–C) groups is 1. The first kappa shape index (κ1) is 16.5. The molecule has 0 aliphatic rings. The lowest BCUT2D eigenvalue weighted by molar-refractivity contribution is 0.483. The number of ether oxygens (including phenoxy) is 1. The Kier molecular flexibility index (Phi) is 5.26. The highest BCUT2D eigenvalue weighted by molar-refractivity contribution is 5.92. The molecule has 0 aliphatic heterocycles. The summed E-state index contributed by atoms with van der Waals surface area (Å²) >= 11 is 0. The van der Waals surface area contributed by atoms with Crippen LogP contribution < -0.4 is 15.8 Å². The number of nitrogens with one attached hydrogen (secondary N) is 1.